The molecule has 0 aromatic heterocycles. The Morgan fingerprint density at radius 2 is 1.54 bits per heavy atom. The van der Waals surface area contributed by atoms with Gasteiger partial charge in [0.2, 0.25) is 5.91 Å². The normalized spacial score (nSPS) is 23.0. The van der Waals surface area contributed by atoms with Crippen LogP contribution in [0, 0.1) is 5.92 Å². The van der Waals surface area contributed by atoms with Gasteiger partial charge in [0.15, 0.2) is 0 Å². The molecule has 3 atom stereocenters. The van der Waals surface area contributed by atoms with Gasteiger partial charge in [-0.05, 0) is 52.6 Å². The van der Waals surface area contributed by atoms with Crippen molar-refractivity contribution < 1.29 is 33.3 Å². The number of Topliss-reactive ketones (excluding diaryl/α,β-unsaturated/α-hetero) is 1. The Kier molecular flexibility index (Phi) is 16.4. The van der Waals surface area contributed by atoms with Crippen LogP contribution >= 0.6 is 11.8 Å². The molecule has 3 rings (SSSR count). The molecule has 3 amide bonds. The quantitative estimate of drug-likeness (QED) is 0.126. The SMILES string of the molecule is CC(C)N1CCC(C(=O)CCOCCOCCOCCOCCNC(=O)CCCCC2SCC3NC(=O)NC32)CC1. The smallest absolute Gasteiger partial charge is 0.315 e. The lowest BCUT2D eigenvalue weighted by molar-refractivity contribution is -0.125. The van der Waals surface area contributed by atoms with Crippen LogP contribution in [0.15, 0.2) is 0 Å². The summed E-state index contributed by atoms with van der Waals surface area (Å²) in [6, 6.07) is 0.978. The molecule has 3 N–H and O–H groups in total. The van der Waals surface area contributed by atoms with Crippen LogP contribution in [0.1, 0.15) is 58.8 Å². The van der Waals surface area contributed by atoms with E-state index in [1.807, 2.05) is 11.8 Å². The minimum atomic E-state index is -0.0565. The molecule has 0 saturated carbocycles. The lowest BCUT2D eigenvalue weighted by Gasteiger charge is -2.34. The molecule has 12 heteroatoms. The lowest BCUT2D eigenvalue weighted by atomic mass is 9.90. The number of ketones is 1. The third-order valence-electron chi connectivity index (χ3n) is 7.97. The first-order chi connectivity index (χ1) is 19.9. The van der Waals surface area contributed by atoms with Gasteiger partial charge in [-0.15, -0.1) is 0 Å². The van der Waals surface area contributed by atoms with Crippen molar-refractivity contribution in [3.8, 4) is 0 Å². The van der Waals surface area contributed by atoms with E-state index in [2.05, 4.69) is 34.7 Å². The number of urea groups is 1. The third kappa shape index (κ3) is 13.2. The first-order valence-electron chi connectivity index (χ1n) is 15.5. The molecule has 3 fully saturated rings. The maximum Gasteiger partial charge on any atom is 0.315 e. The Morgan fingerprint density at radius 3 is 2.20 bits per heavy atom. The summed E-state index contributed by atoms with van der Waals surface area (Å²) < 4.78 is 22.1. The van der Waals surface area contributed by atoms with Crippen molar-refractivity contribution in [3.63, 3.8) is 0 Å². The molecule has 3 aliphatic heterocycles. The molecule has 11 nitrogen and oxygen atoms in total. The predicted octanol–water partition coefficient (Wildman–Crippen LogP) is 1.97. The zero-order chi connectivity index (χ0) is 29.3. The largest absolute Gasteiger partial charge is 0.379 e. The van der Waals surface area contributed by atoms with Crippen molar-refractivity contribution in [2.24, 2.45) is 5.92 Å². The average molecular weight is 601 g/mol. The molecule has 0 aromatic carbocycles. The Bertz CT molecular complexity index is 782. The van der Waals surface area contributed by atoms with Gasteiger partial charge in [0.1, 0.15) is 5.78 Å². The maximum absolute atomic E-state index is 12.4. The van der Waals surface area contributed by atoms with Crippen LogP contribution in [0.4, 0.5) is 4.79 Å². The number of hydrogen-bond acceptors (Lipinski definition) is 9. The number of piperidine rings is 1. The van der Waals surface area contributed by atoms with Crippen molar-refractivity contribution in [2.75, 3.05) is 78.2 Å². The van der Waals surface area contributed by atoms with E-state index in [0.29, 0.717) is 89.3 Å². The van der Waals surface area contributed by atoms with Crippen LogP contribution < -0.4 is 16.0 Å². The van der Waals surface area contributed by atoms with Crippen molar-refractivity contribution in [1.29, 1.82) is 0 Å². The minimum Gasteiger partial charge on any atom is -0.379 e. The van der Waals surface area contributed by atoms with Gasteiger partial charge in [-0.2, -0.15) is 11.8 Å². The number of hydrogen-bond donors (Lipinski definition) is 3. The number of carbonyl (C=O) groups excluding carboxylic acids is 3. The fourth-order valence-electron chi connectivity index (χ4n) is 5.50. The molecule has 0 spiro atoms. The van der Waals surface area contributed by atoms with Crippen LogP contribution in [0.5, 0.6) is 0 Å². The zero-order valence-electron chi connectivity index (χ0n) is 25.0. The Labute approximate surface area is 249 Å². The molecule has 0 aliphatic carbocycles. The number of unbranched alkanes of at least 4 members (excludes halogenated alkanes) is 1. The number of carbonyl (C=O) groups is 3. The van der Waals surface area contributed by atoms with E-state index in [1.165, 1.54) is 0 Å². The van der Waals surface area contributed by atoms with E-state index >= 15 is 0 Å². The molecule has 0 bridgehead atoms. The van der Waals surface area contributed by atoms with E-state index in [1.54, 1.807) is 0 Å². The highest BCUT2D eigenvalue weighted by atomic mass is 32.2. The highest BCUT2D eigenvalue weighted by molar-refractivity contribution is 8.00. The number of amides is 3. The zero-order valence-corrected chi connectivity index (χ0v) is 25.9. The van der Waals surface area contributed by atoms with Crippen LogP contribution in [0.2, 0.25) is 0 Å². The van der Waals surface area contributed by atoms with E-state index < -0.39 is 0 Å². The molecule has 3 saturated heterocycles. The minimum absolute atomic E-state index is 0.0488. The monoisotopic (exact) mass is 600 g/mol. The van der Waals surface area contributed by atoms with Gasteiger partial charge in [0.25, 0.3) is 0 Å². The summed E-state index contributed by atoms with van der Waals surface area (Å²) in [5.74, 6) is 1.53. The summed E-state index contributed by atoms with van der Waals surface area (Å²) >= 11 is 1.91. The summed E-state index contributed by atoms with van der Waals surface area (Å²) in [6.07, 6.45) is 5.78. The van der Waals surface area contributed by atoms with Crippen molar-refractivity contribution in [2.45, 2.75) is 82.2 Å². The van der Waals surface area contributed by atoms with E-state index in [0.717, 1.165) is 50.9 Å². The molecular formula is C29H52N4O7S. The molecule has 0 aromatic rings. The number of likely N-dealkylation sites (tertiary alicyclic amines) is 1. The number of nitrogens with one attached hydrogen (secondary N) is 3. The summed E-state index contributed by atoms with van der Waals surface area (Å²) in [5.41, 5.74) is 0. The van der Waals surface area contributed by atoms with Crippen molar-refractivity contribution in [1.82, 2.24) is 20.9 Å². The number of thioether (sulfide) groups is 1. The fraction of sp³-hybridized carbons (Fsp3) is 0.897. The highest BCUT2D eigenvalue weighted by Gasteiger charge is 2.42. The second-order valence-electron chi connectivity index (χ2n) is 11.3. The molecule has 236 valence electrons. The van der Waals surface area contributed by atoms with Crippen LogP contribution in [0.3, 0.4) is 0 Å². The Hall–Kier alpha value is -1.44. The van der Waals surface area contributed by atoms with E-state index in [9.17, 15) is 14.4 Å². The predicted molar refractivity (Wildman–Crippen MR) is 159 cm³/mol. The van der Waals surface area contributed by atoms with Crippen LogP contribution in [-0.4, -0.2) is 124 Å². The summed E-state index contributed by atoms with van der Waals surface area (Å²) in [7, 11) is 0. The summed E-state index contributed by atoms with van der Waals surface area (Å²) in [4.78, 5) is 38.2. The van der Waals surface area contributed by atoms with Gasteiger partial charge in [-0.1, -0.05) is 6.42 Å². The van der Waals surface area contributed by atoms with Crippen molar-refractivity contribution >= 4 is 29.5 Å². The summed E-state index contributed by atoms with van der Waals surface area (Å²) in [6.45, 7) is 10.7. The van der Waals surface area contributed by atoms with Gasteiger partial charge < -0.3 is 39.8 Å². The van der Waals surface area contributed by atoms with E-state index in [-0.39, 0.29) is 29.9 Å². The standard InChI is InChI=1S/C29H52N4O7S/c1-22(2)33-11-7-23(8-12-33)25(34)9-13-37-15-17-39-19-20-40-18-16-38-14-10-30-27(35)6-4-3-5-26-28-24(21-41-26)31-29(36)32-28/h22-24,26,28H,3-21H2,1-2H3,(H,30,35)(H2,31,32,36). The Morgan fingerprint density at radius 1 is 0.902 bits per heavy atom. The number of rotatable bonds is 22. The molecule has 3 unspecified atom stereocenters. The van der Waals surface area contributed by atoms with Gasteiger partial charge in [0.05, 0.1) is 64.9 Å². The van der Waals surface area contributed by atoms with Crippen molar-refractivity contribution in [3.05, 3.63) is 0 Å². The average Bonchev–Trinajstić information content (AvgIpc) is 3.52. The molecule has 3 heterocycles. The lowest BCUT2D eigenvalue weighted by Crippen LogP contribution is -2.40. The molecule has 41 heavy (non-hydrogen) atoms. The van der Waals surface area contributed by atoms with Crippen LogP contribution in [0.25, 0.3) is 0 Å². The van der Waals surface area contributed by atoms with E-state index in [4.69, 9.17) is 18.9 Å². The first kappa shape index (κ1) is 34.1. The second-order valence-corrected chi connectivity index (χ2v) is 12.6. The van der Waals surface area contributed by atoms with Crippen LogP contribution in [-0.2, 0) is 28.5 Å². The first-order valence-corrected chi connectivity index (χ1v) is 16.5. The topological polar surface area (TPSA) is 127 Å². The second kappa shape index (κ2) is 19.7. The third-order valence-corrected chi connectivity index (χ3v) is 9.48. The number of nitrogens with zero attached hydrogens (tertiary/aromatic N) is 1. The molecular weight excluding hydrogens is 548 g/mol. The van der Waals surface area contributed by atoms with Gasteiger partial charge in [-0.3, -0.25) is 9.59 Å². The van der Waals surface area contributed by atoms with Gasteiger partial charge in [-0.25, -0.2) is 4.79 Å². The summed E-state index contributed by atoms with van der Waals surface area (Å²) in [5, 5.41) is 9.29. The van der Waals surface area contributed by atoms with Gasteiger partial charge >= 0.3 is 6.03 Å². The molecule has 3 aliphatic rings. The highest BCUT2D eigenvalue weighted by Crippen LogP contribution is 2.33. The number of fused-ring (bicyclic) bond motifs is 1. The van der Waals surface area contributed by atoms with Gasteiger partial charge in [0, 0.05) is 42.3 Å². The number of ether oxygens (including phenoxy) is 4. The Balaban J connectivity index is 1.00. The fourth-order valence-corrected chi connectivity index (χ4v) is 7.05. The maximum atomic E-state index is 12.4. The molecule has 0 radical (unpaired) electrons.